The minimum Gasteiger partial charge on any atom is -0.300 e. The summed E-state index contributed by atoms with van der Waals surface area (Å²) >= 11 is 0. The van der Waals surface area contributed by atoms with Crippen molar-refractivity contribution in [3.63, 3.8) is 0 Å². The summed E-state index contributed by atoms with van der Waals surface area (Å²) in [4.78, 5) is 15.3. The third kappa shape index (κ3) is 4.97. The summed E-state index contributed by atoms with van der Waals surface area (Å²) in [6.45, 7) is 1.79. The van der Waals surface area contributed by atoms with Crippen molar-refractivity contribution in [2.24, 2.45) is 0 Å². The molecule has 0 saturated heterocycles. The summed E-state index contributed by atoms with van der Waals surface area (Å²) in [7, 11) is 0. The second-order valence-electron chi connectivity index (χ2n) is 3.32. The number of Topliss-reactive ketones (excluding diaryl/α,β-unsaturated/α-hetero) is 1. The third-order valence-corrected chi connectivity index (χ3v) is 2.15. The van der Waals surface area contributed by atoms with Crippen molar-refractivity contribution in [2.75, 3.05) is 0 Å². The van der Waals surface area contributed by atoms with E-state index in [1.807, 2.05) is 12.1 Å². The normalized spacial score (nSPS) is 9.13. The molecule has 0 atom stereocenters. The van der Waals surface area contributed by atoms with E-state index in [-0.39, 0.29) is 5.78 Å². The number of hydrogen-bond donors (Lipinski definition) is 0. The highest BCUT2D eigenvalue weighted by Gasteiger charge is 2.01. The Hall–Kier alpha value is -1.62. The minimum absolute atomic E-state index is 0.287. The molecule has 0 N–H and O–H groups in total. The molecule has 0 aromatic carbocycles. The van der Waals surface area contributed by atoms with Gasteiger partial charge in [0, 0.05) is 31.7 Å². The molecule has 0 saturated carbocycles. The maximum absolute atomic E-state index is 11.4. The standard InChI is InChI=1S/C13H15NO/c1-2-3-4-5-13(15)7-6-12-8-10-14-11-9-12/h8-11H,4-7H2,1H3. The molecule has 0 amide bonds. The molecule has 78 valence electrons. The molecule has 15 heavy (non-hydrogen) atoms. The number of hydrogen-bond acceptors (Lipinski definition) is 2. The van der Waals surface area contributed by atoms with Gasteiger partial charge in [0.2, 0.25) is 0 Å². The average molecular weight is 201 g/mol. The van der Waals surface area contributed by atoms with Gasteiger partial charge in [-0.3, -0.25) is 9.78 Å². The Morgan fingerprint density at radius 3 is 2.73 bits per heavy atom. The number of carbonyl (C=O) groups excluding carboxylic acids is 1. The maximum Gasteiger partial charge on any atom is 0.134 e. The van der Waals surface area contributed by atoms with Crippen molar-refractivity contribution in [3.8, 4) is 11.8 Å². The van der Waals surface area contributed by atoms with Crippen LogP contribution in [-0.4, -0.2) is 10.8 Å². The number of rotatable bonds is 5. The Bertz CT molecular complexity index is 359. The average Bonchev–Trinajstić information content (AvgIpc) is 2.28. The number of carbonyl (C=O) groups is 1. The van der Waals surface area contributed by atoms with Gasteiger partial charge in [0.05, 0.1) is 0 Å². The van der Waals surface area contributed by atoms with Crippen LogP contribution >= 0.6 is 0 Å². The summed E-state index contributed by atoms with van der Waals surface area (Å²) in [5.74, 6) is 5.97. The van der Waals surface area contributed by atoms with E-state index in [9.17, 15) is 4.79 Å². The van der Waals surface area contributed by atoms with E-state index in [1.165, 1.54) is 5.56 Å². The van der Waals surface area contributed by atoms with Gasteiger partial charge in [0.15, 0.2) is 0 Å². The lowest BCUT2D eigenvalue weighted by molar-refractivity contribution is -0.118. The summed E-state index contributed by atoms with van der Waals surface area (Å²) in [5.41, 5.74) is 1.17. The van der Waals surface area contributed by atoms with E-state index in [0.717, 1.165) is 6.42 Å². The lowest BCUT2D eigenvalue weighted by atomic mass is 10.1. The van der Waals surface area contributed by atoms with Gasteiger partial charge in [0.1, 0.15) is 5.78 Å². The highest BCUT2D eigenvalue weighted by Crippen LogP contribution is 2.03. The molecule has 1 aromatic heterocycles. The number of pyridine rings is 1. The van der Waals surface area contributed by atoms with E-state index >= 15 is 0 Å². The van der Waals surface area contributed by atoms with Crippen LogP contribution in [0.2, 0.25) is 0 Å². The Kier molecular flexibility index (Phi) is 5.18. The first-order chi connectivity index (χ1) is 7.33. The Morgan fingerprint density at radius 1 is 1.33 bits per heavy atom. The second-order valence-corrected chi connectivity index (χ2v) is 3.32. The molecule has 1 heterocycles. The fourth-order valence-electron chi connectivity index (χ4n) is 1.29. The van der Waals surface area contributed by atoms with Gasteiger partial charge in [-0.1, -0.05) is 0 Å². The lowest BCUT2D eigenvalue weighted by Crippen LogP contribution is -1.99. The molecule has 0 bridgehead atoms. The monoisotopic (exact) mass is 201 g/mol. The van der Waals surface area contributed by atoms with Crippen LogP contribution in [0, 0.1) is 11.8 Å². The largest absolute Gasteiger partial charge is 0.300 e. The molecule has 0 aliphatic heterocycles. The first-order valence-electron chi connectivity index (χ1n) is 5.13. The molecule has 0 aliphatic rings. The SMILES string of the molecule is CC#CCCC(=O)CCc1ccncc1. The van der Waals surface area contributed by atoms with Crippen molar-refractivity contribution < 1.29 is 4.79 Å². The molecule has 0 radical (unpaired) electrons. The predicted octanol–water partition coefficient (Wildman–Crippen LogP) is 2.39. The van der Waals surface area contributed by atoms with E-state index < -0.39 is 0 Å². The van der Waals surface area contributed by atoms with Crippen LogP contribution in [-0.2, 0) is 11.2 Å². The van der Waals surface area contributed by atoms with Gasteiger partial charge in [-0.25, -0.2) is 0 Å². The van der Waals surface area contributed by atoms with Gasteiger partial charge in [-0.2, -0.15) is 0 Å². The number of nitrogens with zero attached hydrogens (tertiary/aromatic N) is 1. The smallest absolute Gasteiger partial charge is 0.134 e. The van der Waals surface area contributed by atoms with Gasteiger partial charge >= 0.3 is 0 Å². The zero-order chi connectivity index (χ0) is 10.9. The second kappa shape index (κ2) is 6.78. The predicted molar refractivity (Wildman–Crippen MR) is 60.2 cm³/mol. The molecule has 2 heteroatoms. The van der Waals surface area contributed by atoms with E-state index in [1.54, 1.807) is 19.3 Å². The van der Waals surface area contributed by atoms with Crippen molar-refractivity contribution in [2.45, 2.75) is 32.6 Å². The van der Waals surface area contributed by atoms with Crippen LogP contribution in [0.3, 0.4) is 0 Å². The number of ketones is 1. The molecule has 1 rings (SSSR count). The van der Waals surface area contributed by atoms with Crippen LogP contribution < -0.4 is 0 Å². The van der Waals surface area contributed by atoms with E-state index in [2.05, 4.69) is 16.8 Å². The fourth-order valence-corrected chi connectivity index (χ4v) is 1.29. The van der Waals surface area contributed by atoms with Gasteiger partial charge < -0.3 is 0 Å². The molecular formula is C13H15NO. The first kappa shape index (κ1) is 11.5. The fraction of sp³-hybridized carbons (Fsp3) is 0.385. The van der Waals surface area contributed by atoms with Gasteiger partial charge in [-0.05, 0) is 31.0 Å². The first-order valence-corrected chi connectivity index (χ1v) is 5.13. The van der Waals surface area contributed by atoms with Crippen molar-refractivity contribution in [1.82, 2.24) is 4.98 Å². The summed E-state index contributed by atoms with van der Waals surface area (Å²) < 4.78 is 0. The minimum atomic E-state index is 0.287. The van der Waals surface area contributed by atoms with E-state index in [0.29, 0.717) is 19.3 Å². The Morgan fingerprint density at radius 2 is 2.07 bits per heavy atom. The van der Waals surface area contributed by atoms with Crippen molar-refractivity contribution in [1.29, 1.82) is 0 Å². The quantitative estimate of drug-likeness (QED) is 0.685. The zero-order valence-electron chi connectivity index (χ0n) is 8.99. The van der Waals surface area contributed by atoms with Gasteiger partial charge in [0.25, 0.3) is 0 Å². The topological polar surface area (TPSA) is 30.0 Å². The third-order valence-electron chi connectivity index (χ3n) is 2.15. The zero-order valence-corrected chi connectivity index (χ0v) is 8.99. The summed E-state index contributed by atoms with van der Waals surface area (Å²) in [5, 5.41) is 0. The number of aromatic nitrogens is 1. The Labute approximate surface area is 90.7 Å². The summed E-state index contributed by atoms with van der Waals surface area (Å²) in [6.07, 6.45) is 6.18. The van der Waals surface area contributed by atoms with Crippen molar-refractivity contribution in [3.05, 3.63) is 30.1 Å². The van der Waals surface area contributed by atoms with Crippen LogP contribution in [0.15, 0.2) is 24.5 Å². The molecular weight excluding hydrogens is 186 g/mol. The lowest BCUT2D eigenvalue weighted by Gasteiger charge is -1.99. The maximum atomic E-state index is 11.4. The van der Waals surface area contributed by atoms with Crippen LogP contribution in [0.1, 0.15) is 31.7 Å². The highest BCUT2D eigenvalue weighted by molar-refractivity contribution is 5.78. The molecule has 0 spiro atoms. The number of aryl methyl sites for hydroxylation is 1. The molecule has 2 nitrogen and oxygen atoms in total. The van der Waals surface area contributed by atoms with Crippen LogP contribution in [0.4, 0.5) is 0 Å². The highest BCUT2D eigenvalue weighted by atomic mass is 16.1. The van der Waals surface area contributed by atoms with Crippen LogP contribution in [0.25, 0.3) is 0 Å². The molecule has 0 aliphatic carbocycles. The summed E-state index contributed by atoms with van der Waals surface area (Å²) in [6, 6.07) is 3.89. The van der Waals surface area contributed by atoms with Gasteiger partial charge in [-0.15, -0.1) is 11.8 Å². The Balaban J connectivity index is 2.24. The molecule has 0 unspecified atom stereocenters. The van der Waals surface area contributed by atoms with Crippen molar-refractivity contribution >= 4 is 5.78 Å². The van der Waals surface area contributed by atoms with E-state index in [4.69, 9.17) is 0 Å². The van der Waals surface area contributed by atoms with Crippen LogP contribution in [0.5, 0.6) is 0 Å². The molecule has 1 aromatic rings. The molecule has 0 fully saturated rings.